The van der Waals surface area contributed by atoms with Crippen molar-refractivity contribution >= 4 is 0 Å². The number of aromatic nitrogens is 7. The van der Waals surface area contributed by atoms with Gasteiger partial charge in [-0.3, -0.25) is 0 Å². The number of H-pyrrole nitrogens is 1. The van der Waals surface area contributed by atoms with Gasteiger partial charge in [0.05, 0.1) is 0 Å². The molecule has 0 unspecified atom stereocenters. The summed E-state index contributed by atoms with van der Waals surface area (Å²) < 4.78 is 2.14. The first-order valence-corrected chi connectivity index (χ1v) is 12.5. The Hall–Kier alpha value is -3.35. The van der Waals surface area contributed by atoms with Gasteiger partial charge in [0.15, 0.2) is 11.6 Å². The zero-order valence-corrected chi connectivity index (χ0v) is 20.5. The van der Waals surface area contributed by atoms with Crippen molar-refractivity contribution < 1.29 is 0 Å². The van der Waals surface area contributed by atoms with Gasteiger partial charge in [0.25, 0.3) is 0 Å². The lowest BCUT2D eigenvalue weighted by Crippen LogP contribution is -2.07. The molecule has 2 aromatic heterocycles. The molecule has 0 amide bonds. The third-order valence-corrected chi connectivity index (χ3v) is 6.12. The van der Waals surface area contributed by atoms with E-state index < -0.39 is 0 Å². The molecular weight excluding hydrogens is 422 g/mol. The fourth-order valence-corrected chi connectivity index (χ4v) is 4.15. The molecule has 0 aliphatic rings. The van der Waals surface area contributed by atoms with Crippen molar-refractivity contribution in [3.8, 4) is 22.5 Å². The second kappa shape index (κ2) is 11.7. The summed E-state index contributed by atoms with van der Waals surface area (Å²) in [5.41, 5.74) is 4.46. The van der Waals surface area contributed by atoms with E-state index in [2.05, 4.69) is 76.4 Å². The molecule has 0 fully saturated rings. The van der Waals surface area contributed by atoms with Gasteiger partial charge in [-0.2, -0.15) is 5.10 Å². The van der Waals surface area contributed by atoms with E-state index in [-0.39, 0.29) is 0 Å². The molecule has 178 valence electrons. The van der Waals surface area contributed by atoms with Crippen molar-refractivity contribution in [2.45, 2.75) is 72.3 Å². The fraction of sp³-hybridized carbons (Fsp3) is 0.444. The molecular formula is C27H35N7. The minimum absolute atomic E-state index is 0.656. The van der Waals surface area contributed by atoms with Crippen LogP contribution in [0.4, 0.5) is 0 Å². The van der Waals surface area contributed by atoms with Crippen LogP contribution >= 0.6 is 0 Å². The number of unbranched alkanes of at least 4 members (excludes halogenated alkanes) is 3. The molecule has 1 N–H and O–H groups in total. The van der Waals surface area contributed by atoms with Crippen LogP contribution in [-0.2, 0) is 19.4 Å². The van der Waals surface area contributed by atoms with Gasteiger partial charge in [-0.15, -0.1) is 5.10 Å². The molecule has 0 spiro atoms. The highest BCUT2D eigenvalue weighted by Gasteiger charge is 2.13. The van der Waals surface area contributed by atoms with Gasteiger partial charge in [0.2, 0.25) is 0 Å². The summed E-state index contributed by atoms with van der Waals surface area (Å²) in [6.07, 6.45) is 7.76. The molecule has 2 aromatic carbocycles. The van der Waals surface area contributed by atoms with Crippen LogP contribution < -0.4 is 0 Å². The number of nitrogens with zero attached hydrogens (tertiary/aromatic N) is 6. The van der Waals surface area contributed by atoms with E-state index in [0.717, 1.165) is 60.6 Å². The average molecular weight is 458 g/mol. The topological polar surface area (TPSA) is 85.2 Å². The lowest BCUT2D eigenvalue weighted by molar-refractivity contribution is 0.517. The van der Waals surface area contributed by atoms with Crippen molar-refractivity contribution in [2.24, 2.45) is 5.92 Å². The first-order chi connectivity index (χ1) is 16.6. The Balaban J connectivity index is 1.51. The first-order valence-electron chi connectivity index (χ1n) is 12.5. The van der Waals surface area contributed by atoms with Gasteiger partial charge in [-0.1, -0.05) is 88.6 Å². The molecule has 0 radical (unpaired) electrons. The lowest BCUT2D eigenvalue weighted by atomic mass is 9.98. The zero-order chi connectivity index (χ0) is 23.8. The minimum atomic E-state index is 0.656. The van der Waals surface area contributed by atoms with Crippen LogP contribution in [-0.4, -0.2) is 35.4 Å². The number of rotatable bonds is 12. The number of aryl methyl sites for hydroxylation is 2. The average Bonchev–Trinajstić information content (AvgIpc) is 3.52. The normalized spacial score (nSPS) is 11.4. The van der Waals surface area contributed by atoms with Crippen LogP contribution in [0.3, 0.4) is 0 Å². The number of hydrogen-bond donors (Lipinski definition) is 1. The maximum Gasteiger partial charge on any atom is 0.180 e. The summed E-state index contributed by atoms with van der Waals surface area (Å²) in [6, 6.07) is 16.9. The van der Waals surface area contributed by atoms with Gasteiger partial charge in [-0.25, -0.2) is 14.8 Å². The van der Waals surface area contributed by atoms with Crippen molar-refractivity contribution in [3.05, 3.63) is 65.7 Å². The van der Waals surface area contributed by atoms with E-state index in [1.165, 1.54) is 24.8 Å². The van der Waals surface area contributed by atoms with E-state index in [9.17, 15) is 0 Å². The number of tetrazole rings is 1. The van der Waals surface area contributed by atoms with Crippen molar-refractivity contribution in [1.29, 1.82) is 0 Å². The SMILES string of the molecule is CCCCCCn1nc(CCC(C)C)nc1Cc1ccc(-c2ccccc2-c2nnn[nH]2)cc1. The second-order valence-electron chi connectivity index (χ2n) is 9.33. The Morgan fingerprint density at radius 3 is 2.44 bits per heavy atom. The third-order valence-electron chi connectivity index (χ3n) is 6.12. The number of hydrogen-bond acceptors (Lipinski definition) is 5. The molecule has 2 heterocycles. The molecule has 0 atom stereocenters. The summed E-state index contributed by atoms with van der Waals surface area (Å²) in [5, 5.41) is 19.3. The van der Waals surface area contributed by atoms with E-state index in [4.69, 9.17) is 10.1 Å². The second-order valence-corrected chi connectivity index (χ2v) is 9.33. The van der Waals surface area contributed by atoms with Gasteiger partial charge >= 0.3 is 0 Å². The summed E-state index contributed by atoms with van der Waals surface area (Å²) in [5.74, 6) is 3.37. The molecule has 7 nitrogen and oxygen atoms in total. The molecule has 0 bridgehead atoms. The van der Waals surface area contributed by atoms with Crippen molar-refractivity contribution in [3.63, 3.8) is 0 Å². The van der Waals surface area contributed by atoms with Gasteiger partial charge in [0, 0.05) is 24.9 Å². The molecule has 4 aromatic rings. The van der Waals surface area contributed by atoms with Gasteiger partial charge in [0.1, 0.15) is 5.82 Å². The predicted octanol–water partition coefficient (Wildman–Crippen LogP) is 5.88. The smallest absolute Gasteiger partial charge is 0.180 e. The highest BCUT2D eigenvalue weighted by molar-refractivity contribution is 5.80. The van der Waals surface area contributed by atoms with E-state index in [0.29, 0.717) is 11.7 Å². The van der Waals surface area contributed by atoms with Crippen LogP contribution in [0, 0.1) is 5.92 Å². The Bertz CT molecular complexity index is 1140. The highest BCUT2D eigenvalue weighted by atomic mass is 15.5. The molecule has 7 heteroatoms. The summed E-state index contributed by atoms with van der Waals surface area (Å²) in [6.45, 7) is 7.69. The predicted molar refractivity (Wildman–Crippen MR) is 135 cm³/mol. The van der Waals surface area contributed by atoms with Crippen molar-refractivity contribution in [1.82, 2.24) is 35.4 Å². The lowest BCUT2D eigenvalue weighted by Gasteiger charge is -2.09. The van der Waals surface area contributed by atoms with Crippen LogP contribution in [0.25, 0.3) is 22.5 Å². The molecule has 0 aliphatic heterocycles. The molecule has 4 rings (SSSR count). The monoisotopic (exact) mass is 457 g/mol. The highest BCUT2D eigenvalue weighted by Crippen LogP contribution is 2.30. The Labute approximate surface area is 202 Å². The Morgan fingerprint density at radius 1 is 0.941 bits per heavy atom. The number of aromatic amines is 1. The van der Waals surface area contributed by atoms with Crippen LogP contribution in [0.2, 0.25) is 0 Å². The van der Waals surface area contributed by atoms with Crippen LogP contribution in [0.1, 0.15) is 70.1 Å². The number of benzene rings is 2. The largest absolute Gasteiger partial charge is 0.249 e. The maximum absolute atomic E-state index is 4.93. The Morgan fingerprint density at radius 2 is 1.74 bits per heavy atom. The van der Waals surface area contributed by atoms with Crippen molar-refractivity contribution in [2.75, 3.05) is 0 Å². The van der Waals surface area contributed by atoms with Gasteiger partial charge in [-0.05, 0) is 45.9 Å². The van der Waals surface area contributed by atoms with Gasteiger partial charge < -0.3 is 0 Å². The minimum Gasteiger partial charge on any atom is -0.249 e. The molecule has 0 saturated heterocycles. The Kier molecular flexibility index (Phi) is 8.17. The maximum atomic E-state index is 4.93. The number of nitrogens with one attached hydrogen (secondary N) is 1. The molecule has 34 heavy (non-hydrogen) atoms. The van der Waals surface area contributed by atoms with E-state index >= 15 is 0 Å². The van der Waals surface area contributed by atoms with E-state index in [1.54, 1.807) is 0 Å². The standard InChI is InChI=1S/C27H35N7/c1-4-5-6-9-18-34-26(28-25(31-34)17-12-20(2)3)19-21-13-15-22(16-14-21)23-10-7-8-11-24(23)27-29-32-33-30-27/h7-8,10-11,13-16,20H,4-6,9,12,17-19H2,1-3H3,(H,29,30,32,33). The molecule has 0 saturated carbocycles. The first kappa shape index (κ1) is 23.8. The quantitative estimate of drug-likeness (QED) is 0.268. The fourth-order valence-electron chi connectivity index (χ4n) is 4.15. The van der Waals surface area contributed by atoms with Crippen LogP contribution in [0.15, 0.2) is 48.5 Å². The van der Waals surface area contributed by atoms with Crippen LogP contribution in [0.5, 0.6) is 0 Å². The summed E-state index contributed by atoms with van der Waals surface area (Å²) >= 11 is 0. The zero-order valence-electron chi connectivity index (χ0n) is 20.5. The van der Waals surface area contributed by atoms with E-state index in [1.807, 2.05) is 18.2 Å². The summed E-state index contributed by atoms with van der Waals surface area (Å²) in [4.78, 5) is 4.93. The molecule has 0 aliphatic carbocycles. The third kappa shape index (κ3) is 6.16. The summed E-state index contributed by atoms with van der Waals surface area (Å²) in [7, 11) is 0.